The van der Waals surface area contributed by atoms with E-state index >= 15 is 0 Å². The smallest absolute Gasteiger partial charge is 0.263 e. The van der Waals surface area contributed by atoms with Crippen molar-refractivity contribution in [2.45, 2.75) is 18.9 Å². The normalized spacial score (nSPS) is 17.4. The number of nitrogen functional groups attached to an aromatic ring is 1. The molecule has 0 bridgehead atoms. The molecule has 1 fully saturated rings. The van der Waals surface area contributed by atoms with Gasteiger partial charge in [-0.25, -0.2) is 0 Å². The molecule has 2 aromatic rings. The third-order valence-electron chi connectivity index (χ3n) is 3.89. The van der Waals surface area contributed by atoms with Crippen molar-refractivity contribution < 1.29 is 4.79 Å². The number of amides is 1. The highest BCUT2D eigenvalue weighted by Gasteiger charge is 2.22. The van der Waals surface area contributed by atoms with Gasteiger partial charge in [0.1, 0.15) is 4.88 Å². The van der Waals surface area contributed by atoms with Gasteiger partial charge < -0.3 is 16.0 Å². The zero-order valence-corrected chi connectivity index (χ0v) is 12.4. The van der Waals surface area contributed by atoms with Crippen molar-refractivity contribution in [1.29, 1.82) is 0 Å². The van der Waals surface area contributed by atoms with Gasteiger partial charge in [0.25, 0.3) is 5.91 Å². The van der Waals surface area contributed by atoms with Gasteiger partial charge in [-0.3, -0.25) is 4.79 Å². The molecular formula is C15H19N3OS. The Kier molecular flexibility index (Phi) is 3.63. The average molecular weight is 289 g/mol. The average Bonchev–Trinajstić information content (AvgIpc) is 2.79. The second kappa shape index (κ2) is 5.42. The molecule has 1 aromatic heterocycles. The van der Waals surface area contributed by atoms with Gasteiger partial charge >= 0.3 is 0 Å². The summed E-state index contributed by atoms with van der Waals surface area (Å²) in [6, 6.07) is 8.15. The molecule has 1 aliphatic heterocycles. The number of rotatable bonds is 2. The number of carbonyl (C=O) groups excluding carboxylic acids is 1. The number of hydrogen-bond acceptors (Lipinski definition) is 4. The fraction of sp³-hybridized carbons (Fsp3) is 0.400. The number of piperidine rings is 1. The first kappa shape index (κ1) is 13.4. The van der Waals surface area contributed by atoms with Crippen LogP contribution >= 0.6 is 11.3 Å². The lowest BCUT2D eigenvalue weighted by molar-refractivity contribution is 0.0922. The van der Waals surface area contributed by atoms with Crippen LogP contribution < -0.4 is 11.1 Å². The van der Waals surface area contributed by atoms with E-state index in [4.69, 9.17) is 5.73 Å². The molecule has 0 unspecified atom stereocenters. The Morgan fingerprint density at radius 2 is 2.05 bits per heavy atom. The summed E-state index contributed by atoms with van der Waals surface area (Å²) in [5, 5.41) is 4.10. The van der Waals surface area contributed by atoms with Gasteiger partial charge in [-0.15, -0.1) is 11.3 Å². The van der Waals surface area contributed by atoms with Crippen LogP contribution in [-0.2, 0) is 0 Å². The van der Waals surface area contributed by atoms with Gasteiger partial charge in [0.2, 0.25) is 0 Å². The Balaban J connectivity index is 1.77. The molecule has 3 N–H and O–H groups in total. The van der Waals surface area contributed by atoms with Crippen molar-refractivity contribution in [3.63, 3.8) is 0 Å². The molecule has 1 aromatic carbocycles. The molecule has 0 aliphatic carbocycles. The zero-order chi connectivity index (χ0) is 14.1. The highest BCUT2D eigenvalue weighted by atomic mass is 32.1. The van der Waals surface area contributed by atoms with Crippen LogP contribution in [0.5, 0.6) is 0 Å². The molecule has 106 valence electrons. The maximum atomic E-state index is 12.4. The summed E-state index contributed by atoms with van der Waals surface area (Å²) in [6.07, 6.45) is 2.01. The van der Waals surface area contributed by atoms with E-state index in [0.29, 0.717) is 10.6 Å². The molecule has 20 heavy (non-hydrogen) atoms. The van der Waals surface area contributed by atoms with Gasteiger partial charge in [0, 0.05) is 16.1 Å². The van der Waals surface area contributed by atoms with E-state index in [1.807, 2.05) is 24.3 Å². The third kappa shape index (κ3) is 2.51. The van der Waals surface area contributed by atoms with Crippen molar-refractivity contribution in [3.05, 3.63) is 29.1 Å². The summed E-state index contributed by atoms with van der Waals surface area (Å²) in [5.74, 6) is -0.0294. The molecule has 0 saturated carbocycles. The van der Waals surface area contributed by atoms with E-state index in [1.54, 1.807) is 0 Å². The predicted molar refractivity (Wildman–Crippen MR) is 84.2 cm³/mol. The minimum Gasteiger partial charge on any atom is -0.397 e. The molecule has 0 radical (unpaired) electrons. The van der Waals surface area contributed by atoms with Crippen molar-refractivity contribution in [2.75, 3.05) is 25.9 Å². The summed E-state index contributed by atoms with van der Waals surface area (Å²) in [7, 11) is 2.11. The predicted octanol–water partition coefficient (Wildman–Crippen LogP) is 2.31. The number of hydrogen-bond donors (Lipinski definition) is 2. The Bertz CT molecular complexity index is 629. The summed E-state index contributed by atoms with van der Waals surface area (Å²) in [5.41, 5.74) is 6.72. The van der Waals surface area contributed by atoms with Crippen LogP contribution in [-0.4, -0.2) is 37.0 Å². The maximum absolute atomic E-state index is 12.4. The SMILES string of the molecule is CN1CCC(NC(=O)c2sc3ccccc3c2N)CC1. The molecule has 5 heteroatoms. The highest BCUT2D eigenvalue weighted by Crippen LogP contribution is 2.33. The van der Waals surface area contributed by atoms with Gasteiger partial charge in [0.05, 0.1) is 5.69 Å². The van der Waals surface area contributed by atoms with E-state index in [9.17, 15) is 4.79 Å². The number of nitrogens with two attached hydrogens (primary N) is 1. The molecule has 1 amide bonds. The van der Waals surface area contributed by atoms with E-state index in [0.717, 1.165) is 36.0 Å². The highest BCUT2D eigenvalue weighted by molar-refractivity contribution is 7.21. The Labute approximate surface area is 122 Å². The summed E-state index contributed by atoms with van der Waals surface area (Å²) in [4.78, 5) is 15.3. The number of fused-ring (bicyclic) bond motifs is 1. The monoisotopic (exact) mass is 289 g/mol. The minimum absolute atomic E-state index is 0.0294. The summed E-state index contributed by atoms with van der Waals surface area (Å²) >= 11 is 1.47. The van der Waals surface area contributed by atoms with Crippen LogP contribution in [0.1, 0.15) is 22.5 Å². The lowest BCUT2D eigenvalue weighted by Gasteiger charge is -2.29. The second-order valence-corrected chi connectivity index (χ2v) is 6.44. The first-order valence-corrected chi connectivity index (χ1v) is 7.73. The largest absolute Gasteiger partial charge is 0.397 e. The number of benzene rings is 1. The van der Waals surface area contributed by atoms with Crippen molar-refractivity contribution >= 4 is 33.0 Å². The minimum atomic E-state index is -0.0294. The van der Waals surface area contributed by atoms with Gasteiger partial charge in [0.15, 0.2) is 0 Å². The molecule has 1 saturated heterocycles. The lowest BCUT2D eigenvalue weighted by Crippen LogP contribution is -2.43. The topological polar surface area (TPSA) is 58.4 Å². The Morgan fingerprint density at radius 3 is 2.75 bits per heavy atom. The number of thiophene rings is 1. The second-order valence-electron chi connectivity index (χ2n) is 5.39. The van der Waals surface area contributed by atoms with E-state index < -0.39 is 0 Å². The Hall–Kier alpha value is -1.59. The van der Waals surface area contributed by atoms with Gasteiger partial charge in [-0.05, 0) is 39.0 Å². The molecular weight excluding hydrogens is 270 g/mol. The van der Waals surface area contributed by atoms with Crippen LogP contribution in [0, 0.1) is 0 Å². The van der Waals surface area contributed by atoms with E-state index in [1.165, 1.54) is 11.3 Å². The van der Waals surface area contributed by atoms with Crippen LogP contribution in [0.3, 0.4) is 0 Å². The Morgan fingerprint density at radius 1 is 1.35 bits per heavy atom. The van der Waals surface area contributed by atoms with Crippen LogP contribution in [0.4, 0.5) is 5.69 Å². The number of nitrogens with zero attached hydrogens (tertiary/aromatic N) is 1. The molecule has 0 spiro atoms. The molecule has 3 rings (SSSR count). The number of nitrogens with one attached hydrogen (secondary N) is 1. The first-order chi connectivity index (χ1) is 9.65. The maximum Gasteiger partial charge on any atom is 0.263 e. The van der Waals surface area contributed by atoms with Crippen LogP contribution in [0.2, 0.25) is 0 Å². The fourth-order valence-electron chi connectivity index (χ4n) is 2.64. The summed E-state index contributed by atoms with van der Waals surface area (Å²) in [6.45, 7) is 2.07. The molecule has 1 aliphatic rings. The number of likely N-dealkylation sites (tertiary alicyclic amines) is 1. The van der Waals surface area contributed by atoms with Crippen molar-refractivity contribution in [2.24, 2.45) is 0 Å². The zero-order valence-electron chi connectivity index (χ0n) is 11.6. The van der Waals surface area contributed by atoms with Crippen LogP contribution in [0.15, 0.2) is 24.3 Å². The lowest BCUT2D eigenvalue weighted by atomic mass is 10.1. The first-order valence-electron chi connectivity index (χ1n) is 6.91. The quantitative estimate of drug-likeness (QED) is 0.892. The van der Waals surface area contributed by atoms with Gasteiger partial charge in [-0.2, -0.15) is 0 Å². The van der Waals surface area contributed by atoms with Crippen molar-refractivity contribution in [1.82, 2.24) is 10.2 Å². The van der Waals surface area contributed by atoms with Crippen LogP contribution in [0.25, 0.3) is 10.1 Å². The summed E-state index contributed by atoms with van der Waals surface area (Å²) < 4.78 is 1.07. The number of anilines is 1. The van der Waals surface area contributed by atoms with E-state index in [-0.39, 0.29) is 11.9 Å². The molecule has 4 nitrogen and oxygen atoms in total. The molecule has 0 atom stereocenters. The van der Waals surface area contributed by atoms with Gasteiger partial charge in [-0.1, -0.05) is 18.2 Å². The third-order valence-corrected chi connectivity index (χ3v) is 5.08. The standard InChI is InChI=1S/C15H19N3OS/c1-18-8-6-10(7-9-18)17-15(19)14-13(16)11-4-2-3-5-12(11)20-14/h2-5,10H,6-9,16H2,1H3,(H,17,19). The van der Waals surface area contributed by atoms with E-state index in [2.05, 4.69) is 17.3 Å². The number of carbonyl (C=O) groups is 1. The fourth-order valence-corrected chi connectivity index (χ4v) is 3.66. The van der Waals surface area contributed by atoms with Crippen molar-refractivity contribution in [3.8, 4) is 0 Å². The molecule has 2 heterocycles.